The molecule has 0 aliphatic carbocycles. The zero-order valence-corrected chi connectivity index (χ0v) is 12.5. The quantitative estimate of drug-likeness (QED) is 0.819. The van der Waals surface area contributed by atoms with E-state index >= 15 is 0 Å². The summed E-state index contributed by atoms with van der Waals surface area (Å²) in [7, 11) is 3.36. The van der Waals surface area contributed by atoms with Crippen molar-refractivity contribution < 1.29 is 9.47 Å². The summed E-state index contributed by atoms with van der Waals surface area (Å²) in [5.41, 5.74) is 2.42. The standard InChI is InChI=1S/C16H18O2S/c1-11-5-7-14(8-6-11)19-16-12(2)9-13(17-3)10-15(16)18-4/h5-10H,1-4H3. The monoisotopic (exact) mass is 274 g/mol. The molecule has 0 saturated carbocycles. The maximum atomic E-state index is 5.46. The lowest BCUT2D eigenvalue weighted by molar-refractivity contribution is 0.386. The molecule has 0 bridgehead atoms. The van der Waals surface area contributed by atoms with Gasteiger partial charge in [0.15, 0.2) is 0 Å². The van der Waals surface area contributed by atoms with Crippen molar-refractivity contribution >= 4 is 11.8 Å². The molecule has 0 fully saturated rings. The Bertz CT molecular complexity index is 562. The van der Waals surface area contributed by atoms with Crippen molar-refractivity contribution in [3.8, 4) is 11.5 Å². The highest BCUT2D eigenvalue weighted by Gasteiger charge is 2.11. The van der Waals surface area contributed by atoms with Crippen LogP contribution in [-0.4, -0.2) is 14.2 Å². The minimum atomic E-state index is 0.822. The summed E-state index contributed by atoms with van der Waals surface area (Å²) < 4.78 is 10.7. The Balaban J connectivity index is 2.36. The van der Waals surface area contributed by atoms with Crippen LogP contribution in [-0.2, 0) is 0 Å². The van der Waals surface area contributed by atoms with E-state index in [1.807, 2.05) is 12.1 Å². The van der Waals surface area contributed by atoms with Gasteiger partial charge < -0.3 is 9.47 Å². The van der Waals surface area contributed by atoms with E-state index in [-0.39, 0.29) is 0 Å². The third-order valence-electron chi connectivity index (χ3n) is 2.91. The number of benzene rings is 2. The summed E-state index contributed by atoms with van der Waals surface area (Å²) in [6.45, 7) is 4.16. The van der Waals surface area contributed by atoms with Crippen LogP contribution in [0.1, 0.15) is 11.1 Å². The second-order valence-electron chi connectivity index (χ2n) is 4.39. The fourth-order valence-electron chi connectivity index (χ4n) is 1.83. The molecule has 0 aromatic heterocycles. The van der Waals surface area contributed by atoms with Gasteiger partial charge in [0.2, 0.25) is 0 Å². The molecule has 2 aromatic rings. The third-order valence-corrected chi connectivity index (χ3v) is 4.15. The van der Waals surface area contributed by atoms with Crippen LogP contribution in [0, 0.1) is 13.8 Å². The van der Waals surface area contributed by atoms with Crippen molar-refractivity contribution in [2.24, 2.45) is 0 Å². The average Bonchev–Trinajstić information content (AvgIpc) is 2.43. The highest BCUT2D eigenvalue weighted by atomic mass is 32.2. The molecule has 0 heterocycles. The van der Waals surface area contributed by atoms with Crippen LogP contribution in [0.25, 0.3) is 0 Å². The lowest BCUT2D eigenvalue weighted by Gasteiger charge is -2.13. The first-order valence-corrected chi connectivity index (χ1v) is 6.93. The van der Waals surface area contributed by atoms with Gasteiger partial charge in [0.1, 0.15) is 11.5 Å². The van der Waals surface area contributed by atoms with Crippen LogP contribution in [0.3, 0.4) is 0 Å². The van der Waals surface area contributed by atoms with Gasteiger partial charge in [-0.1, -0.05) is 29.5 Å². The van der Waals surface area contributed by atoms with Gasteiger partial charge in [-0.05, 0) is 37.6 Å². The van der Waals surface area contributed by atoms with E-state index < -0.39 is 0 Å². The molecule has 0 saturated heterocycles. The average molecular weight is 274 g/mol. The van der Waals surface area contributed by atoms with Gasteiger partial charge in [-0.15, -0.1) is 0 Å². The smallest absolute Gasteiger partial charge is 0.136 e. The van der Waals surface area contributed by atoms with Gasteiger partial charge in [-0.3, -0.25) is 0 Å². The van der Waals surface area contributed by atoms with Crippen LogP contribution in [0.2, 0.25) is 0 Å². The minimum absolute atomic E-state index is 0.822. The maximum absolute atomic E-state index is 5.46. The van der Waals surface area contributed by atoms with Gasteiger partial charge in [-0.25, -0.2) is 0 Å². The molecule has 0 amide bonds. The SMILES string of the molecule is COc1cc(C)c(Sc2ccc(C)cc2)c(OC)c1. The molecular weight excluding hydrogens is 256 g/mol. The molecule has 0 spiro atoms. The zero-order chi connectivity index (χ0) is 13.8. The van der Waals surface area contributed by atoms with E-state index in [0.29, 0.717) is 0 Å². The Kier molecular flexibility index (Phi) is 4.38. The Morgan fingerprint density at radius 1 is 0.895 bits per heavy atom. The van der Waals surface area contributed by atoms with Crippen molar-refractivity contribution in [3.05, 3.63) is 47.5 Å². The number of aryl methyl sites for hydroxylation is 2. The molecule has 100 valence electrons. The van der Waals surface area contributed by atoms with Crippen molar-refractivity contribution in [2.75, 3.05) is 14.2 Å². The number of methoxy groups -OCH3 is 2. The molecule has 2 nitrogen and oxygen atoms in total. The minimum Gasteiger partial charge on any atom is -0.497 e. The number of hydrogen-bond donors (Lipinski definition) is 0. The lowest BCUT2D eigenvalue weighted by Crippen LogP contribution is -1.92. The molecule has 0 radical (unpaired) electrons. The Hall–Kier alpha value is -1.61. The normalized spacial score (nSPS) is 10.3. The second-order valence-corrected chi connectivity index (χ2v) is 5.47. The summed E-state index contributed by atoms with van der Waals surface area (Å²) in [5, 5.41) is 0. The Morgan fingerprint density at radius 3 is 2.16 bits per heavy atom. The summed E-state index contributed by atoms with van der Waals surface area (Å²) in [5.74, 6) is 1.67. The second kappa shape index (κ2) is 6.02. The van der Waals surface area contributed by atoms with E-state index in [4.69, 9.17) is 9.47 Å². The predicted molar refractivity (Wildman–Crippen MR) is 79.6 cm³/mol. The van der Waals surface area contributed by atoms with Crippen LogP contribution < -0.4 is 9.47 Å². The molecular formula is C16H18O2S. The first kappa shape index (κ1) is 13.8. The summed E-state index contributed by atoms with van der Waals surface area (Å²) in [6, 6.07) is 12.4. The van der Waals surface area contributed by atoms with E-state index in [9.17, 15) is 0 Å². The topological polar surface area (TPSA) is 18.5 Å². The molecule has 0 unspecified atom stereocenters. The van der Waals surface area contributed by atoms with Crippen LogP contribution in [0.5, 0.6) is 11.5 Å². The van der Waals surface area contributed by atoms with E-state index in [0.717, 1.165) is 22.0 Å². The van der Waals surface area contributed by atoms with Crippen molar-refractivity contribution in [3.63, 3.8) is 0 Å². The molecule has 3 heteroatoms. The molecule has 0 aliphatic rings. The van der Waals surface area contributed by atoms with E-state index in [1.165, 1.54) is 10.5 Å². The summed E-state index contributed by atoms with van der Waals surface area (Å²) in [4.78, 5) is 2.34. The Morgan fingerprint density at radius 2 is 1.58 bits per heavy atom. The fraction of sp³-hybridized carbons (Fsp3) is 0.250. The summed E-state index contributed by atoms with van der Waals surface area (Å²) >= 11 is 1.71. The van der Waals surface area contributed by atoms with Crippen molar-refractivity contribution in [1.82, 2.24) is 0 Å². The molecule has 2 rings (SSSR count). The number of ether oxygens (including phenoxy) is 2. The van der Waals surface area contributed by atoms with Gasteiger partial charge in [0, 0.05) is 11.0 Å². The highest BCUT2D eigenvalue weighted by molar-refractivity contribution is 7.99. The number of rotatable bonds is 4. The van der Waals surface area contributed by atoms with Crippen molar-refractivity contribution in [1.29, 1.82) is 0 Å². The fourth-order valence-corrected chi connectivity index (χ4v) is 2.80. The van der Waals surface area contributed by atoms with E-state index in [2.05, 4.69) is 38.1 Å². The molecule has 19 heavy (non-hydrogen) atoms. The van der Waals surface area contributed by atoms with Crippen LogP contribution in [0.4, 0.5) is 0 Å². The van der Waals surface area contributed by atoms with Crippen molar-refractivity contribution in [2.45, 2.75) is 23.6 Å². The number of hydrogen-bond acceptors (Lipinski definition) is 3. The van der Waals surface area contributed by atoms with Crippen LogP contribution in [0.15, 0.2) is 46.2 Å². The lowest BCUT2D eigenvalue weighted by atomic mass is 10.2. The summed E-state index contributed by atoms with van der Waals surface area (Å²) in [6.07, 6.45) is 0. The first-order valence-electron chi connectivity index (χ1n) is 6.11. The third kappa shape index (κ3) is 3.24. The molecule has 0 N–H and O–H groups in total. The predicted octanol–water partition coefficient (Wildman–Crippen LogP) is 4.47. The largest absolute Gasteiger partial charge is 0.497 e. The van der Waals surface area contributed by atoms with Gasteiger partial charge in [-0.2, -0.15) is 0 Å². The molecule has 0 aliphatic heterocycles. The van der Waals surface area contributed by atoms with Gasteiger partial charge in [0.25, 0.3) is 0 Å². The van der Waals surface area contributed by atoms with Crippen LogP contribution >= 0.6 is 11.8 Å². The first-order chi connectivity index (χ1) is 9.13. The maximum Gasteiger partial charge on any atom is 0.136 e. The zero-order valence-electron chi connectivity index (χ0n) is 11.7. The van der Waals surface area contributed by atoms with Gasteiger partial charge in [0.05, 0.1) is 19.1 Å². The Labute approximate surface area is 118 Å². The molecule has 2 aromatic carbocycles. The molecule has 0 atom stereocenters. The highest BCUT2D eigenvalue weighted by Crippen LogP contribution is 2.39. The van der Waals surface area contributed by atoms with E-state index in [1.54, 1.807) is 26.0 Å². The van der Waals surface area contributed by atoms with Gasteiger partial charge >= 0.3 is 0 Å².